The number of fused-ring (bicyclic) bond motifs is 1. The smallest absolute Gasteiger partial charge is 0.253 e. The van der Waals surface area contributed by atoms with Crippen molar-refractivity contribution in [1.29, 1.82) is 0 Å². The molecule has 3 aromatic carbocycles. The first-order valence-corrected chi connectivity index (χ1v) is 12.8. The van der Waals surface area contributed by atoms with E-state index in [0.29, 0.717) is 31.5 Å². The van der Waals surface area contributed by atoms with Gasteiger partial charge in [-0.15, -0.1) is 0 Å². The van der Waals surface area contributed by atoms with Crippen LogP contribution in [-0.4, -0.2) is 60.9 Å². The van der Waals surface area contributed by atoms with E-state index in [-0.39, 0.29) is 23.7 Å². The number of nitrogens with one attached hydrogen (secondary N) is 1. The summed E-state index contributed by atoms with van der Waals surface area (Å²) in [5.74, 6) is 0.463. The maximum atomic E-state index is 13.4. The molecule has 1 atom stereocenters. The van der Waals surface area contributed by atoms with E-state index in [1.54, 1.807) is 43.5 Å². The highest BCUT2D eigenvalue weighted by Crippen LogP contribution is 2.22. The third-order valence-corrected chi connectivity index (χ3v) is 7.26. The Bertz CT molecular complexity index is 1310. The van der Waals surface area contributed by atoms with Crippen LogP contribution in [0.1, 0.15) is 35.2 Å². The van der Waals surface area contributed by atoms with Crippen molar-refractivity contribution < 1.29 is 18.7 Å². The van der Waals surface area contributed by atoms with E-state index in [0.717, 1.165) is 48.2 Å². The molecule has 0 radical (unpaired) electrons. The first kappa shape index (κ1) is 25.0. The zero-order valence-electron chi connectivity index (χ0n) is 21.1. The number of likely N-dealkylation sites (tertiary alicyclic amines) is 2. The molecule has 37 heavy (non-hydrogen) atoms. The van der Waals surface area contributed by atoms with E-state index < -0.39 is 0 Å². The van der Waals surface area contributed by atoms with Crippen LogP contribution in [0, 0.1) is 5.82 Å². The van der Waals surface area contributed by atoms with Crippen LogP contribution in [0.25, 0.3) is 10.8 Å². The first-order chi connectivity index (χ1) is 18.0. The molecule has 2 amide bonds. The molecule has 7 heteroatoms. The minimum absolute atomic E-state index is 0.00998. The van der Waals surface area contributed by atoms with Gasteiger partial charge in [0.2, 0.25) is 5.91 Å². The first-order valence-electron chi connectivity index (χ1n) is 12.8. The zero-order valence-corrected chi connectivity index (χ0v) is 21.1. The Labute approximate surface area is 216 Å². The highest BCUT2D eigenvalue weighted by atomic mass is 19.1. The second kappa shape index (κ2) is 11.1. The quantitative estimate of drug-likeness (QED) is 0.504. The molecular weight excluding hydrogens is 469 g/mol. The van der Waals surface area contributed by atoms with E-state index >= 15 is 0 Å². The van der Waals surface area contributed by atoms with E-state index in [1.165, 1.54) is 11.6 Å². The fraction of sp³-hybridized carbons (Fsp3) is 0.333. The largest absolute Gasteiger partial charge is 0.497 e. The van der Waals surface area contributed by atoms with E-state index in [9.17, 15) is 14.0 Å². The third-order valence-electron chi connectivity index (χ3n) is 7.26. The van der Waals surface area contributed by atoms with Gasteiger partial charge in [0.05, 0.1) is 7.11 Å². The van der Waals surface area contributed by atoms with Gasteiger partial charge in [-0.2, -0.15) is 0 Å². The molecule has 5 rings (SSSR count). The molecule has 0 aliphatic carbocycles. The lowest BCUT2D eigenvalue weighted by Crippen LogP contribution is -2.38. The van der Waals surface area contributed by atoms with Crippen molar-refractivity contribution in [1.82, 2.24) is 15.1 Å². The number of piperidine rings is 1. The maximum Gasteiger partial charge on any atom is 0.253 e. The van der Waals surface area contributed by atoms with Crippen LogP contribution in [0.3, 0.4) is 0 Å². The van der Waals surface area contributed by atoms with Crippen LogP contribution < -0.4 is 10.1 Å². The molecule has 192 valence electrons. The minimum Gasteiger partial charge on any atom is -0.497 e. The molecule has 0 saturated carbocycles. The average Bonchev–Trinajstić information content (AvgIpc) is 3.35. The summed E-state index contributed by atoms with van der Waals surface area (Å²) in [5.41, 5.74) is 2.91. The number of hydrogen-bond donors (Lipinski definition) is 1. The number of halogens is 1. The standard InChI is InChI=1S/C30H32FN3O3/c1-37-28-8-5-23(6-9-28)30(36)34-14-10-21(11-15-34)17-29(35)32-27-12-13-33(20-27)19-22-2-3-25-18-26(31)7-4-24(25)16-22/h2-9,16-18,27H,10-15,19-20H2,1H3,(H,32,35)/t27-/m1/s1. The number of benzene rings is 3. The van der Waals surface area contributed by atoms with Crippen molar-refractivity contribution in [3.05, 3.63) is 89.3 Å². The Morgan fingerprint density at radius 2 is 1.73 bits per heavy atom. The van der Waals surface area contributed by atoms with Crippen molar-refractivity contribution in [2.24, 2.45) is 0 Å². The molecular formula is C30H32FN3O3. The molecule has 3 aromatic rings. The van der Waals surface area contributed by atoms with Gasteiger partial charge in [-0.1, -0.05) is 23.8 Å². The normalized spacial score (nSPS) is 18.2. The van der Waals surface area contributed by atoms with Gasteiger partial charge < -0.3 is 15.0 Å². The van der Waals surface area contributed by atoms with Gasteiger partial charge in [-0.3, -0.25) is 14.5 Å². The van der Waals surface area contributed by atoms with E-state index in [2.05, 4.69) is 16.3 Å². The summed E-state index contributed by atoms with van der Waals surface area (Å²) >= 11 is 0. The molecule has 2 aliphatic rings. The van der Waals surface area contributed by atoms with E-state index in [4.69, 9.17) is 4.74 Å². The molecule has 0 spiro atoms. The van der Waals surface area contributed by atoms with Gasteiger partial charge in [0.15, 0.2) is 0 Å². The summed E-state index contributed by atoms with van der Waals surface area (Å²) in [6.45, 7) is 3.75. The minimum atomic E-state index is -0.221. The van der Waals surface area contributed by atoms with Crippen LogP contribution in [-0.2, 0) is 11.3 Å². The Morgan fingerprint density at radius 1 is 1.00 bits per heavy atom. The Hall–Kier alpha value is -3.71. The van der Waals surface area contributed by atoms with Crippen LogP contribution >= 0.6 is 0 Å². The molecule has 2 aliphatic heterocycles. The molecule has 0 aromatic heterocycles. The zero-order chi connectivity index (χ0) is 25.8. The highest BCUT2D eigenvalue weighted by molar-refractivity contribution is 5.94. The topological polar surface area (TPSA) is 61.9 Å². The number of carbonyl (C=O) groups is 2. The summed E-state index contributed by atoms with van der Waals surface area (Å²) < 4.78 is 18.6. The third kappa shape index (κ3) is 6.17. The van der Waals surface area contributed by atoms with Crippen LogP contribution in [0.5, 0.6) is 5.75 Å². The van der Waals surface area contributed by atoms with Gasteiger partial charge in [0.1, 0.15) is 11.6 Å². The van der Waals surface area contributed by atoms with Crippen LogP contribution in [0.15, 0.2) is 72.3 Å². The number of ether oxygens (including phenoxy) is 1. The predicted octanol–water partition coefficient (Wildman–Crippen LogP) is 4.54. The molecule has 0 bridgehead atoms. The average molecular weight is 502 g/mol. The predicted molar refractivity (Wildman–Crippen MR) is 142 cm³/mol. The molecule has 6 nitrogen and oxygen atoms in total. The summed E-state index contributed by atoms with van der Waals surface area (Å²) in [4.78, 5) is 29.6. The van der Waals surface area contributed by atoms with Crippen molar-refractivity contribution >= 4 is 22.6 Å². The lowest BCUT2D eigenvalue weighted by Gasteiger charge is -2.28. The number of nitrogens with zero attached hydrogens (tertiary/aromatic N) is 2. The Balaban J connectivity index is 1.08. The van der Waals surface area contributed by atoms with Crippen molar-refractivity contribution in [3.8, 4) is 5.75 Å². The van der Waals surface area contributed by atoms with Crippen LogP contribution in [0.4, 0.5) is 4.39 Å². The van der Waals surface area contributed by atoms with Crippen LogP contribution in [0.2, 0.25) is 0 Å². The lowest BCUT2D eigenvalue weighted by atomic mass is 10.0. The SMILES string of the molecule is COc1ccc(C(=O)N2CCC(=CC(=O)N[C@@H]3CCN(Cc4ccc5cc(F)ccc5c4)C3)CC2)cc1. The number of carbonyl (C=O) groups excluding carboxylic acids is 2. The van der Waals surface area contributed by atoms with Gasteiger partial charge in [0.25, 0.3) is 5.91 Å². The van der Waals surface area contributed by atoms with Gasteiger partial charge >= 0.3 is 0 Å². The highest BCUT2D eigenvalue weighted by Gasteiger charge is 2.25. The Kier molecular flexibility index (Phi) is 7.51. The lowest BCUT2D eigenvalue weighted by molar-refractivity contribution is -0.117. The summed E-state index contributed by atoms with van der Waals surface area (Å²) in [6, 6.07) is 18.2. The fourth-order valence-corrected chi connectivity index (χ4v) is 5.20. The van der Waals surface area contributed by atoms with Gasteiger partial charge in [-0.25, -0.2) is 4.39 Å². The summed E-state index contributed by atoms with van der Waals surface area (Å²) in [7, 11) is 1.60. The van der Waals surface area contributed by atoms with Crippen molar-refractivity contribution in [2.75, 3.05) is 33.3 Å². The number of rotatable bonds is 6. The molecule has 1 N–H and O–H groups in total. The fourth-order valence-electron chi connectivity index (χ4n) is 5.20. The number of hydrogen-bond acceptors (Lipinski definition) is 4. The maximum absolute atomic E-state index is 13.4. The van der Waals surface area contributed by atoms with Gasteiger partial charge in [-0.05, 0) is 78.1 Å². The molecule has 2 saturated heterocycles. The monoisotopic (exact) mass is 501 g/mol. The van der Waals surface area contributed by atoms with Crippen molar-refractivity contribution in [3.63, 3.8) is 0 Å². The molecule has 2 fully saturated rings. The van der Waals surface area contributed by atoms with E-state index in [1.807, 2.05) is 23.1 Å². The Morgan fingerprint density at radius 3 is 2.49 bits per heavy atom. The number of amides is 2. The second-order valence-corrected chi connectivity index (χ2v) is 9.88. The second-order valence-electron chi connectivity index (χ2n) is 9.88. The van der Waals surface area contributed by atoms with Gasteiger partial charge in [0, 0.05) is 50.4 Å². The molecule has 2 heterocycles. The molecule has 0 unspecified atom stereocenters. The summed E-state index contributed by atoms with van der Waals surface area (Å²) in [6.07, 6.45) is 4.05. The number of methoxy groups -OCH3 is 1. The van der Waals surface area contributed by atoms with Crippen molar-refractivity contribution in [2.45, 2.75) is 31.8 Å². The summed E-state index contributed by atoms with van der Waals surface area (Å²) in [5, 5.41) is 5.09.